The lowest BCUT2D eigenvalue weighted by Crippen LogP contribution is -2.15. The van der Waals surface area contributed by atoms with E-state index < -0.39 is 0 Å². The van der Waals surface area contributed by atoms with Gasteiger partial charge in [0.25, 0.3) is 0 Å². The van der Waals surface area contributed by atoms with Crippen molar-refractivity contribution in [3.05, 3.63) is 59.4 Å². The molecule has 1 aromatic heterocycles. The molecule has 21 heavy (non-hydrogen) atoms. The van der Waals surface area contributed by atoms with Crippen LogP contribution < -0.4 is 5.32 Å². The first kappa shape index (κ1) is 13.4. The van der Waals surface area contributed by atoms with Gasteiger partial charge in [-0.2, -0.15) is 5.10 Å². The van der Waals surface area contributed by atoms with Crippen molar-refractivity contribution in [1.29, 1.82) is 0 Å². The molecule has 4 heteroatoms. The minimum atomic E-state index is -0.0547. The lowest BCUT2D eigenvalue weighted by atomic mass is 10.0. The normalized spacial score (nSPS) is 10.8. The van der Waals surface area contributed by atoms with E-state index in [2.05, 4.69) is 21.6 Å². The number of anilines is 1. The quantitative estimate of drug-likeness (QED) is 0.772. The molecule has 3 aromatic rings. The number of rotatable bonds is 3. The van der Waals surface area contributed by atoms with Gasteiger partial charge in [-0.3, -0.25) is 9.89 Å². The first-order valence-corrected chi connectivity index (χ1v) is 6.92. The Morgan fingerprint density at radius 2 is 2.00 bits per heavy atom. The van der Waals surface area contributed by atoms with Crippen LogP contribution in [-0.2, 0) is 11.2 Å². The molecule has 0 spiro atoms. The Hall–Kier alpha value is -2.62. The third kappa shape index (κ3) is 2.79. The van der Waals surface area contributed by atoms with Crippen LogP contribution in [0.3, 0.4) is 0 Å². The maximum Gasteiger partial charge on any atom is 0.230 e. The van der Waals surface area contributed by atoms with Crippen LogP contribution in [-0.4, -0.2) is 16.1 Å². The van der Waals surface area contributed by atoms with Crippen LogP contribution in [0.25, 0.3) is 10.8 Å². The number of nitrogens with zero attached hydrogens (tertiary/aromatic N) is 1. The van der Waals surface area contributed by atoms with E-state index in [0.717, 1.165) is 33.4 Å². The molecule has 1 amide bonds. The second-order valence-corrected chi connectivity index (χ2v) is 5.25. The molecular weight excluding hydrogens is 262 g/mol. The van der Waals surface area contributed by atoms with Crippen molar-refractivity contribution in [2.75, 3.05) is 5.32 Å². The summed E-state index contributed by atoms with van der Waals surface area (Å²) in [5.41, 5.74) is 3.65. The summed E-state index contributed by atoms with van der Waals surface area (Å²) >= 11 is 0. The SMILES string of the molecule is Cc1cc(CC(=O)Nc2c(C)ccc3ccccc23)n[nH]1. The van der Waals surface area contributed by atoms with Crippen molar-refractivity contribution in [1.82, 2.24) is 10.2 Å². The average molecular weight is 279 g/mol. The number of H-pyrrole nitrogens is 1. The van der Waals surface area contributed by atoms with Gasteiger partial charge in [0.05, 0.1) is 17.8 Å². The highest BCUT2D eigenvalue weighted by Crippen LogP contribution is 2.27. The highest BCUT2D eigenvalue weighted by Gasteiger charge is 2.10. The first-order valence-electron chi connectivity index (χ1n) is 6.92. The molecule has 0 fully saturated rings. The van der Waals surface area contributed by atoms with Crippen molar-refractivity contribution in [3.63, 3.8) is 0 Å². The standard InChI is InChI=1S/C17H17N3O/c1-11-7-8-13-5-3-4-6-15(13)17(11)18-16(21)10-14-9-12(2)19-20-14/h3-9H,10H2,1-2H3,(H,18,21)(H,19,20). The summed E-state index contributed by atoms with van der Waals surface area (Å²) in [6.07, 6.45) is 0.271. The third-order valence-corrected chi connectivity index (χ3v) is 3.50. The first-order chi connectivity index (χ1) is 10.1. The van der Waals surface area contributed by atoms with Gasteiger partial charge in [-0.15, -0.1) is 0 Å². The monoisotopic (exact) mass is 279 g/mol. The molecule has 0 saturated carbocycles. The lowest BCUT2D eigenvalue weighted by molar-refractivity contribution is -0.115. The number of amides is 1. The zero-order chi connectivity index (χ0) is 14.8. The van der Waals surface area contributed by atoms with Crippen LogP contribution in [0.5, 0.6) is 0 Å². The number of aromatic amines is 1. The van der Waals surface area contributed by atoms with E-state index in [1.807, 2.05) is 50.2 Å². The van der Waals surface area contributed by atoms with Crippen LogP contribution in [0, 0.1) is 13.8 Å². The van der Waals surface area contributed by atoms with E-state index in [9.17, 15) is 4.79 Å². The van der Waals surface area contributed by atoms with E-state index in [-0.39, 0.29) is 12.3 Å². The van der Waals surface area contributed by atoms with Crippen molar-refractivity contribution < 1.29 is 4.79 Å². The maximum absolute atomic E-state index is 12.2. The Kier molecular flexibility index (Phi) is 3.44. The number of fused-ring (bicyclic) bond motifs is 1. The zero-order valence-electron chi connectivity index (χ0n) is 12.1. The Morgan fingerprint density at radius 3 is 2.76 bits per heavy atom. The molecule has 0 aliphatic heterocycles. The lowest BCUT2D eigenvalue weighted by Gasteiger charge is -2.11. The van der Waals surface area contributed by atoms with Gasteiger partial charge in [0, 0.05) is 11.1 Å². The molecule has 1 heterocycles. The number of hydrogen-bond donors (Lipinski definition) is 2. The number of carbonyl (C=O) groups is 1. The fraction of sp³-hybridized carbons (Fsp3) is 0.176. The number of carbonyl (C=O) groups excluding carboxylic acids is 1. The van der Waals surface area contributed by atoms with Crippen LogP contribution >= 0.6 is 0 Å². The van der Waals surface area contributed by atoms with Crippen LogP contribution in [0.4, 0.5) is 5.69 Å². The smallest absolute Gasteiger partial charge is 0.230 e. The molecule has 2 aromatic carbocycles. The van der Waals surface area contributed by atoms with Crippen LogP contribution in [0.2, 0.25) is 0 Å². The van der Waals surface area contributed by atoms with Crippen molar-refractivity contribution in [2.24, 2.45) is 0 Å². The molecule has 0 radical (unpaired) electrons. The molecule has 0 aliphatic carbocycles. The van der Waals surface area contributed by atoms with Gasteiger partial charge in [0.2, 0.25) is 5.91 Å². The number of aromatic nitrogens is 2. The Bertz CT molecular complexity index is 805. The maximum atomic E-state index is 12.2. The van der Waals surface area contributed by atoms with Crippen molar-refractivity contribution >= 4 is 22.4 Å². The summed E-state index contributed by atoms with van der Waals surface area (Å²) in [5, 5.41) is 12.1. The molecule has 0 saturated heterocycles. The Labute approximate surface area is 123 Å². The molecule has 106 valence electrons. The largest absolute Gasteiger partial charge is 0.325 e. The van der Waals surface area contributed by atoms with E-state index in [1.165, 1.54) is 0 Å². The minimum Gasteiger partial charge on any atom is -0.325 e. The summed E-state index contributed by atoms with van der Waals surface area (Å²) in [5.74, 6) is -0.0547. The second kappa shape index (κ2) is 5.40. The van der Waals surface area contributed by atoms with Crippen LogP contribution in [0.15, 0.2) is 42.5 Å². The second-order valence-electron chi connectivity index (χ2n) is 5.25. The van der Waals surface area contributed by atoms with Gasteiger partial charge < -0.3 is 5.32 Å². The van der Waals surface area contributed by atoms with Gasteiger partial charge in [-0.25, -0.2) is 0 Å². The molecule has 0 bridgehead atoms. The Balaban J connectivity index is 1.87. The fourth-order valence-corrected chi connectivity index (χ4v) is 2.46. The zero-order valence-corrected chi connectivity index (χ0v) is 12.1. The van der Waals surface area contributed by atoms with Gasteiger partial charge in [0.1, 0.15) is 0 Å². The Morgan fingerprint density at radius 1 is 1.19 bits per heavy atom. The van der Waals surface area contributed by atoms with E-state index in [1.54, 1.807) is 0 Å². The molecule has 0 atom stereocenters. The molecule has 3 rings (SSSR count). The van der Waals surface area contributed by atoms with E-state index in [4.69, 9.17) is 0 Å². The van der Waals surface area contributed by atoms with Gasteiger partial charge >= 0.3 is 0 Å². The summed E-state index contributed by atoms with van der Waals surface area (Å²) < 4.78 is 0. The molecule has 4 nitrogen and oxygen atoms in total. The summed E-state index contributed by atoms with van der Waals surface area (Å²) in [4.78, 5) is 12.2. The van der Waals surface area contributed by atoms with Crippen molar-refractivity contribution in [3.8, 4) is 0 Å². The number of benzene rings is 2. The average Bonchev–Trinajstić information content (AvgIpc) is 2.87. The van der Waals surface area contributed by atoms with Crippen molar-refractivity contribution in [2.45, 2.75) is 20.3 Å². The third-order valence-electron chi connectivity index (χ3n) is 3.50. The minimum absolute atomic E-state index is 0.0547. The summed E-state index contributed by atoms with van der Waals surface area (Å²) in [6, 6.07) is 14.0. The van der Waals surface area contributed by atoms with Crippen LogP contribution in [0.1, 0.15) is 17.0 Å². The van der Waals surface area contributed by atoms with E-state index in [0.29, 0.717) is 0 Å². The number of hydrogen-bond acceptors (Lipinski definition) is 2. The summed E-state index contributed by atoms with van der Waals surface area (Å²) in [6.45, 7) is 3.92. The molecule has 2 N–H and O–H groups in total. The highest BCUT2D eigenvalue weighted by atomic mass is 16.1. The van der Waals surface area contributed by atoms with Gasteiger partial charge in [0.15, 0.2) is 0 Å². The summed E-state index contributed by atoms with van der Waals surface area (Å²) in [7, 11) is 0. The molecular formula is C17H17N3O. The van der Waals surface area contributed by atoms with Gasteiger partial charge in [-0.1, -0.05) is 36.4 Å². The predicted octanol–water partition coefficient (Wildman–Crippen LogP) is 3.36. The molecule has 0 aliphatic rings. The predicted molar refractivity (Wildman–Crippen MR) is 84.3 cm³/mol. The number of aryl methyl sites for hydroxylation is 2. The topological polar surface area (TPSA) is 57.8 Å². The molecule has 0 unspecified atom stereocenters. The fourth-order valence-electron chi connectivity index (χ4n) is 2.46. The highest BCUT2D eigenvalue weighted by molar-refractivity contribution is 6.03. The van der Waals surface area contributed by atoms with E-state index >= 15 is 0 Å². The van der Waals surface area contributed by atoms with Gasteiger partial charge in [-0.05, 0) is 30.9 Å². The number of nitrogens with one attached hydrogen (secondary N) is 2.